The number of hydrogen-bond donors (Lipinski definition) is 0. The Balaban J connectivity index is 1.76. The largest absolute Gasteiger partial charge is 0.327 e. The van der Waals surface area contributed by atoms with Crippen LogP contribution in [0.15, 0.2) is 60.7 Å². The molecule has 0 radical (unpaired) electrons. The predicted octanol–water partition coefficient (Wildman–Crippen LogP) is 4.64. The van der Waals surface area contributed by atoms with Gasteiger partial charge in [0.2, 0.25) is 0 Å². The summed E-state index contributed by atoms with van der Waals surface area (Å²) in [5.74, 6) is -0.0804. The minimum Gasteiger partial charge on any atom is -0.312 e. The third-order valence-corrected chi connectivity index (χ3v) is 5.11. The zero-order chi connectivity index (χ0) is 19.1. The number of nitrogens with zero attached hydrogens (tertiary/aromatic N) is 2. The van der Waals surface area contributed by atoms with Crippen molar-refractivity contribution in [3.8, 4) is 0 Å². The smallest absolute Gasteiger partial charge is 0.312 e. The Hall–Kier alpha value is -2.62. The Bertz CT molecular complexity index is 745. The Kier molecular flexibility index (Phi) is 6.64. The van der Waals surface area contributed by atoms with E-state index in [0.29, 0.717) is 19.5 Å². The normalized spacial score (nSPS) is 17.0. The number of carbonyl (C=O) groups is 2. The number of carbonyl (C=O) groups excluding carboxylic acids is 2. The van der Waals surface area contributed by atoms with Crippen LogP contribution in [0.4, 0.5) is 4.79 Å². The lowest BCUT2D eigenvalue weighted by Gasteiger charge is -2.22. The van der Waals surface area contributed by atoms with Crippen LogP contribution in [0.25, 0.3) is 0 Å². The first-order chi connectivity index (χ1) is 13.2. The maximum atomic E-state index is 13.1. The minimum atomic E-state index is -0.398. The Morgan fingerprint density at radius 3 is 2.07 bits per heavy atom. The highest BCUT2D eigenvalue weighted by atomic mass is 16.2. The highest BCUT2D eigenvalue weighted by Crippen LogP contribution is 2.24. The van der Waals surface area contributed by atoms with Crippen LogP contribution in [0.3, 0.4) is 0 Å². The highest BCUT2D eigenvalue weighted by molar-refractivity contribution is 6.04. The van der Waals surface area contributed by atoms with Gasteiger partial charge in [-0.15, -0.1) is 0 Å². The average molecular weight is 364 g/mol. The molecule has 3 amide bonds. The van der Waals surface area contributed by atoms with Gasteiger partial charge in [-0.3, -0.25) is 9.69 Å². The molecule has 142 valence electrons. The topological polar surface area (TPSA) is 40.6 Å². The van der Waals surface area contributed by atoms with Crippen molar-refractivity contribution in [1.82, 2.24) is 9.80 Å². The van der Waals surface area contributed by atoms with Crippen molar-refractivity contribution in [2.75, 3.05) is 6.54 Å². The molecule has 0 aromatic heterocycles. The summed E-state index contributed by atoms with van der Waals surface area (Å²) < 4.78 is 0. The molecule has 4 nitrogen and oxygen atoms in total. The first-order valence-electron chi connectivity index (χ1n) is 9.90. The van der Waals surface area contributed by atoms with Crippen molar-refractivity contribution in [2.45, 2.75) is 51.6 Å². The minimum absolute atomic E-state index is 0.0804. The van der Waals surface area contributed by atoms with E-state index >= 15 is 0 Å². The maximum absolute atomic E-state index is 13.1. The molecule has 1 atom stereocenters. The Morgan fingerprint density at radius 1 is 0.815 bits per heavy atom. The molecule has 2 aromatic rings. The van der Waals surface area contributed by atoms with Crippen LogP contribution in [-0.2, 0) is 17.8 Å². The summed E-state index contributed by atoms with van der Waals surface area (Å²) in [6.07, 6.45) is 4.92. The van der Waals surface area contributed by atoms with Gasteiger partial charge in [0.1, 0.15) is 6.04 Å². The van der Waals surface area contributed by atoms with Gasteiger partial charge in [0.05, 0.1) is 6.54 Å². The highest BCUT2D eigenvalue weighted by Gasteiger charge is 2.44. The molecule has 0 aliphatic carbocycles. The molecule has 4 heteroatoms. The number of unbranched alkanes of at least 4 members (excludes halogenated alkanes) is 3. The summed E-state index contributed by atoms with van der Waals surface area (Å²) in [5.41, 5.74) is 2.06. The number of hydrogen-bond acceptors (Lipinski definition) is 2. The van der Waals surface area contributed by atoms with Crippen molar-refractivity contribution < 1.29 is 9.59 Å². The molecule has 0 N–H and O–H groups in total. The summed E-state index contributed by atoms with van der Waals surface area (Å²) in [4.78, 5) is 29.3. The van der Waals surface area contributed by atoms with Crippen LogP contribution in [0, 0.1) is 0 Å². The fraction of sp³-hybridized carbons (Fsp3) is 0.391. The molecule has 0 saturated carbocycles. The van der Waals surface area contributed by atoms with E-state index in [2.05, 4.69) is 6.92 Å². The van der Waals surface area contributed by atoms with Crippen molar-refractivity contribution in [3.63, 3.8) is 0 Å². The molecule has 0 bridgehead atoms. The summed E-state index contributed by atoms with van der Waals surface area (Å²) in [7, 11) is 0. The van der Waals surface area contributed by atoms with Gasteiger partial charge in [-0.25, -0.2) is 4.79 Å². The van der Waals surface area contributed by atoms with Crippen LogP contribution in [0.5, 0.6) is 0 Å². The molecule has 27 heavy (non-hydrogen) atoms. The number of benzene rings is 2. The van der Waals surface area contributed by atoms with Gasteiger partial charge in [0.15, 0.2) is 0 Å². The van der Waals surface area contributed by atoms with Gasteiger partial charge in [-0.1, -0.05) is 86.8 Å². The Labute approximate surface area is 161 Å². The van der Waals surface area contributed by atoms with E-state index in [1.165, 1.54) is 4.90 Å². The summed E-state index contributed by atoms with van der Waals surface area (Å²) in [5, 5.41) is 0. The van der Waals surface area contributed by atoms with E-state index in [1.54, 1.807) is 4.90 Å². The second-order valence-electron chi connectivity index (χ2n) is 7.15. The van der Waals surface area contributed by atoms with E-state index in [-0.39, 0.29) is 11.9 Å². The molecule has 1 heterocycles. The molecule has 1 saturated heterocycles. The fourth-order valence-electron chi connectivity index (χ4n) is 3.60. The van der Waals surface area contributed by atoms with Gasteiger partial charge in [0, 0.05) is 13.0 Å². The molecule has 1 fully saturated rings. The van der Waals surface area contributed by atoms with Crippen molar-refractivity contribution in [3.05, 3.63) is 71.8 Å². The molecule has 1 aliphatic rings. The first-order valence-corrected chi connectivity index (χ1v) is 9.90. The van der Waals surface area contributed by atoms with Gasteiger partial charge < -0.3 is 4.90 Å². The predicted molar refractivity (Wildman–Crippen MR) is 107 cm³/mol. The van der Waals surface area contributed by atoms with Crippen LogP contribution < -0.4 is 0 Å². The molecular weight excluding hydrogens is 336 g/mol. The van der Waals surface area contributed by atoms with Crippen molar-refractivity contribution >= 4 is 11.9 Å². The van der Waals surface area contributed by atoms with Crippen LogP contribution in [-0.4, -0.2) is 34.3 Å². The van der Waals surface area contributed by atoms with Gasteiger partial charge in [-0.05, 0) is 17.5 Å². The lowest BCUT2D eigenvalue weighted by Crippen LogP contribution is -2.37. The van der Waals surface area contributed by atoms with E-state index in [9.17, 15) is 9.59 Å². The fourth-order valence-corrected chi connectivity index (χ4v) is 3.60. The molecular formula is C23H28N2O2. The van der Waals surface area contributed by atoms with Crippen LogP contribution >= 0.6 is 0 Å². The van der Waals surface area contributed by atoms with Crippen molar-refractivity contribution in [2.24, 2.45) is 0 Å². The van der Waals surface area contributed by atoms with Gasteiger partial charge in [-0.2, -0.15) is 0 Å². The number of imide groups is 1. The molecule has 1 aliphatic heterocycles. The first kappa shape index (κ1) is 19.2. The third kappa shape index (κ3) is 4.76. The van der Waals surface area contributed by atoms with Crippen LogP contribution in [0.2, 0.25) is 0 Å². The third-order valence-electron chi connectivity index (χ3n) is 5.11. The quantitative estimate of drug-likeness (QED) is 0.480. The molecule has 3 rings (SSSR count). The van der Waals surface area contributed by atoms with Crippen LogP contribution in [0.1, 0.15) is 43.7 Å². The maximum Gasteiger partial charge on any atom is 0.327 e. The monoisotopic (exact) mass is 364 g/mol. The summed E-state index contributed by atoms with van der Waals surface area (Å²) in [6, 6.07) is 19.1. The molecule has 2 aromatic carbocycles. The number of urea groups is 1. The number of rotatable bonds is 9. The van der Waals surface area contributed by atoms with E-state index in [1.807, 2.05) is 60.7 Å². The zero-order valence-corrected chi connectivity index (χ0v) is 16.0. The molecule has 1 unspecified atom stereocenters. The SMILES string of the molecule is CCCCCCN1C(=O)N(Cc2ccccc2)C(=O)C1Cc1ccccc1. The average Bonchev–Trinajstić information content (AvgIpc) is 2.91. The zero-order valence-electron chi connectivity index (χ0n) is 16.0. The second-order valence-corrected chi connectivity index (χ2v) is 7.15. The summed E-state index contributed by atoms with van der Waals surface area (Å²) >= 11 is 0. The van der Waals surface area contributed by atoms with E-state index in [4.69, 9.17) is 0 Å². The van der Waals surface area contributed by atoms with Crippen molar-refractivity contribution in [1.29, 1.82) is 0 Å². The van der Waals surface area contributed by atoms with Gasteiger partial charge in [0.25, 0.3) is 5.91 Å². The Morgan fingerprint density at radius 2 is 1.44 bits per heavy atom. The molecule has 0 spiro atoms. The lowest BCUT2D eigenvalue weighted by molar-refractivity contribution is -0.128. The second kappa shape index (κ2) is 9.36. The van der Waals surface area contributed by atoms with E-state index < -0.39 is 6.04 Å². The lowest BCUT2D eigenvalue weighted by atomic mass is 10.0. The summed E-state index contributed by atoms with van der Waals surface area (Å²) in [6.45, 7) is 3.16. The van der Waals surface area contributed by atoms with Gasteiger partial charge >= 0.3 is 6.03 Å². The van der Waals surface area contributed by atoms with E-state index in [0.717, 1.165) is 36.8 Å². The standard InChI is InChI=1S/C23H28N2O2/c1-2-3-4-11-16-24-21(17-19-12-7-5-8-13-19)22(26)25(23(24)27)18-20-14-9-6-10-15-20/h5-10,12-15,21H,2-4,11,16-18H2,1H3. The number of amides is 3.